The Morgan fingerprint density at radius 1 is 1.37 bits per heavy atom. The molecule has 1 fully saturated rings. The zero-order valence-corrected chi connectivity index (χ0v) is 11.5. The molecule has 1 aromatic rings. The van der Waals surface area contributed by atoms with E-state index in [1.807, 2.05) is 12.1 Å². The molecule has 0 aromatic heterocycles. The number of nitrogens with one attached hydrogen (secondary N) is 1. The van der Waals surface area contributed by atoms with Crippen LogP contribution in [0.25, 0.3) is 0 Å². The van der Waals surface area contributed by atoms with Gasteiger partial charge in [0.15, 0.2) is 11.5 Å². The number of nitriles is 1. The van der Waals surface area contributed by atoms with Gasteiger partial charge in [0.25, 0.3) is 0 Å². The molecule has 1 unspecified atom stereocenters. The number of piperidine rings is 1. The molecule has 0 amide bonds. The Labute approximate surface area is 114 Å². The fourth-order valence-corrected chi connectivity index (χ4v) is 2.65. The Kier molecular flexibility index (Phi) is 4.64. The highest BCUT2D eigenvalue weighted by molar-refractivity contribution is 5.54. The molecule has 1 saturated heterocycles. The average molecular weight is 260 g/mol. The Morgan fingerprint density at radius 2 is 2.21 bits per heavy atom. The number of benzene rings is 1. The molecule has 0 spiro atoms. The summed E-state index contributed by atoms with van der Waals surface area (Å²) >= 11 is 0. The van der Waals surface area contributed by atoms with Crippen molar-refractivity contribution in [2.24, 2.45) is 5.92 Å². The number of hydrogen-bond acceptors (Lipinski definition) is 4. The summed E-state index contributed by atoms with van der Waals surface area (Å²) in [6.45, 7) is 2.17. The lowest BCUT2D eigenvalue weighted by Gasteiger charge is -2.23. The van der Waals surface area contributed by atoms with E-state index in [4.69, 9.17) is 9.47 Å². The molecule has 4 nitrogen and oxygen atoms in total. The highest BCUT2D eigenvalue weighted by Gasteiger charge is 2.17. The summed E-state index contributed by atoms with van der Waals surface area (Å²) in [5, 5.41) is 12.6. The van der Waals surface area contributed by atoms with E-state index in [1.165, 1.54) is 12.8 Å². The van der Waals surface area contributed by atoms with Crippen LogP contribution >= 0.6 is 0 Å². The zero-order chi connectivity index (χ0) is 13.7. The van der Waals surface area contributed by atoms with Gasteiger partial charge in [0.1, 0.15) is 6.07 Å². The highest BCUT2D eigenvalue weighted by Crippen LogP contribution is 2.33. The molecule has 1 aliphatic heterocycles. The maximum absolute atomic E-state index is 9.20. The average Bonchev–Trinajstić information content (AvgIpc) is 2.47. The molecule has 1 heterocycles. The van der Waals surface area contributed by atoms with E-state index in [9.17, 15) is 5.26 Å². The van der Waals surface area contributed by atoms with Crippen LogP contribution < -0.4 is 14.8 Å². The van der Waals surface area contributed by atoms with E-state index >= 15 is 0 Å². The van der Waals surface area contributed by atoms with Crippen LogP contribution in [0, 0.1) is 17.2 Å². The molecule has 1 N–H and O–H groups in total. The molecule has 4 heteroatoms. The number of rotatable bonds is 4. The third-order valence-corrected chi connectivity index (χ3v) is 3.58. The molecule has 0 saturated carbocycles. The van der Waals surface area contributed by atoms with E-state index < -0.39 is 0 Å². The summed E-state index contributed by atoms with van der Waals surface area (Å²) in [7, 11) is 3.16. The fraction of sp³-hybridized carbons (Fsp3) is 0.533. The van der Waals surface area contributed by atoms with Gasteiger partial charge in [0.2, 0.25) is 0 Å². The molecule has 1 aliphatic rings. The summed E-state index contributed by atoms with van der Waals surface area (Å²) < 4.78 is 10.6. The molecule has 19 heavy (non-hydrogen) atoms. The van der Waals surface area contributed by atoms with Gasteiger partial charge in [0, 0.05) is 0 Å². The first-order chi connectivity index (χ1) is 9.28. The third kappa shape index (κ3) is 3.18. The molecule has 0 bridgehead atoms. The minimum absolute atomic E-state index is 0.524. The van der Waals surface area contributed by atoms with Crippen molar-refractivity contribution in [3.63, 3.8) is 0 Å². The minimum atomic E-state index is 0.524. The quantitative estimate of drug-likeness (QED) is 0.901. The number of methoxy groups -OCH3 is 2. The predicted octanol–water partition coefficient (Wildman–Crippen LogP) is 2.12. The first-order valence-corrected chi connectivity index (χ1v) is 6.64. The number of ether oxygens (including phenoxy) is 2. The third-order valence-electron chi connectivity index (χ3n) is 3.58. The maximum atomic E-state index is 9.20. The van der Waals surface area contributed by atoms with Crippen LogP contribution in [0.5, 0.6) is 11.5 Å². The van der Waals surface area contributed by atoms with Crippen molar-refractivity contribution >= 4 is 0 Å². The van der Waals surface area contributed by atoms with E-state index in [0.717, 1.165) is 25.1 Å². The molecule has 0 radical (unpaired) electrons. The van der Waals surface area contributed by atoms with Gasteiger partial charge in [-0.15, -0.1) is 0 Å². The Balaban J connectivity index is 2.23. The molecular weight excluding hydrogens is 240 g/mol. The van der Waals surface area contributed by atoms with E-state index in [1.54, 1.807) is 14.2 Å². The number of hydrogen-bond donors (Lipinski definition) is 1. The SMILES string of the molecule is COc1cc(CC2CCCNC2)cc(C#N)c1OC. The lowest BCUT2D eigenvalue weighted by Crippen LogP contribution is -2.30. The number of nitrogens with zero attached hydrogens (tertiary/aromatic N) is 1. The van der Waals surface area contributed by atoms with Crippen LogP contribution in [0.4, 0.5) is 0 Å². The molecule has 102 valence electrons. The molecular formula is C15H20N2O2. The van der Waals surface area contributed by atoms with E-state index in [-0.39, 0.29) is 0 Å². The Bertz CT molecular complexity index is 474. The van der Waals surface area contributed by atoms with Crippen LogP contribution in [-0.4, -0.2) is 27.3 Å². The minimum Gasteiger partial charge on any atom is -0.493 e. The molecule has 2 rings (SSSR count). The zero-order valence-electron chi connectivity index (χ0n) is 11.5. The van der Waals surface area contributed by atoms with Crippen molar-refractivity contribution in [3.05, 3.63) is 23.3 Å². The van der Waals surface area contributed by atoms with Gasteiger partial charge in [-0.25, -0.2) is 0 Å². The second kappa shape index (κ2) is 6.44. The smallest absolute Gasteiger partial charge is 0.178 e. The fourth-order valence-electron chi connectivity index (χ4n) is 2.65. The van der Waals surface area contributed by atoms with Gasteiger partial charge in [-0.1, -0.05) is 0 Å². The second-order valence-corrected chi connectivity index (χ2v) is 4.91. The van der Waals surface area contributed by atoms with Gasteiger partial charge in [-0.2, -0.15) is 5.26 Å². The van der Waals surface area contributed by atoms with Gasteiger partial charge in [-0.05, 0) is 56.0 Å². The van der Waals surface area contributed by atoms with Crippen LogP contribution in [0.1, 0.15) is 24.0 Å². The van der Waals surface area contributed by atoms with Crippen molar-refractivity contribution in [1.82, 2.24) is 5.32 Å². The van der Waals surface area contributed by atoms with Crippen molar-refractivity contribution < 1.29 is 9.47 Å². The Hall–Kier alpha value is -1.73. The first kappa shape index (κ1) is 13.7. The molecule has 1 atom stereocenters. The van der Waals surface area contributed by atoms with Crippen molar-refractivity contribution in [2.75, 3.05) is 27.3 Å². The summed E-state index contributed by atoms with van der Waals surface area (Å²) in [5.41, 5.74) is 1.68. The van der Waals surface area contributed by atoms with Crippen molar-refractivity contribution in [1.29, 1.82) is 5.26 Å². The van der Waals surface area contributed by atoms with Crippen molar-refractivity contribution in [3.8, 4) is 17.6 Å². The topological polar surface area (TPSA) is 54.3 Å². The Morgan fingerprint density at radius 3 is 2.79 bits per heavy atom. The van der Waals surface area contributed by atoms with Gasteiger partial charge < -0.3 is 14.8 Å². The van der Waals surface area contributed by atoms with Crippen LogP contribution in [0.3, 0.4) is 0 Å². The maximum Gasteiger partial charge on any atom is 0.178 e. The molecule has 1 aromatic carbocycles. The summed E-state index contributed by atoms with van der Waals surface area (Å²) in [5.74, 6) is 1.80. The first-order valence-electron chi connectivity index (χ1n) is 6.64. The predicted molar refractivity (Wildman–Crippen MR) is 73.6 cm³/mol. The molecule has 0 aliphatic carbocycles. The lowest BCUT2D eigenvalue weighted by molar-refractivity contribution is 0.351. The van der Waals surface area contributed by atoms with Crippen LogP contribution in [0.2, 0.25) is 0 Å². The van der Waals surface area contributed by atoms with E-state index in [2.05, 4.69) is 11.4 Å². The van der Waals surface area contributed by atoms with Crippen LogP contribution in [0.15, 0.2) is 12.1 Å². The normalized spacial score (nSPS) is 18.7. The van der Waals surface area contributed by atoms with Crippen molar-refractivity contribution in [2.45, 2.75) is 19.3 Å². The van der Waals surface area contributed by atoms with Gasteiger partial charge >= 0.3 is 0 Å². The monoisotopic (exact) mass is 260 g/mol. The standard InChI is InChI=1S/C15H20N2O2/c1-18-14-8-12(6-11-4-3-5-17-10-11)7-13(9-16)15(14)19-2/h7-8,11,17H,3-6,10H2,1-2H3. The van der Waals surface area contributed by atoms with Gasteiger partial charge in [0.05, 0.1) is 19.8 Å². The van der Waals surface area contributed by atoms with Gasteiger partial charge in [-0.3, -0.25) is 0 Å². The summed E-state index contributed by atoms with van der Waals surface area (Å²) in [4.78, 5) is 0. The summed E-state index contributed by atoms with van der Waals surface area (Å²) in [6, 6.07) is 6.07. The highest BCUT2D eigenvalue weighted by atomic mass is 16.5. The van der Waals surface area contributed by atoms with E-state index in [0.29, 0.717) is 23.0 Å². The van der Waals surface area contributed by atoms with Crippen LogP contribution in [-0.2, 0) is 6.42 Å². The summed E-state index contributed by atoms with van der Waals surface area (Å²) in [6.07, 6.45) is 3.44. The largest absolute Gasteiger partial charge is 0.493 e. The lowest BCUT2D eigenvalue weighted by atomic mass is 9.91. The second-order valence-electron chi connectivity index (χ2n) is 4.91.